The molecular formula is C15H16FNO2. The molecule has 0 atom stereocenters. The fourth-order valence-electron chi connectivity index (χ4n) is 1.54. The van der Waals surface area contributed by atoms with Crippen LogP contribution in [-0.2, 0) is 0 Å². The maximum atomic E-state index is 13.0. The highest BCUT2D eigenvalue weighted by Crippen LogP contribution is 2.24. The van der Waals surface area contributed by atoms with Gasteiger partial charge >= 0.3 is 0 Å². The topological polar surface area (TPSA) is 44.5 Å². The molecule has 2 aromatic rings. The van der Waals surface area contributed by atoms with Crippen LogP contribution in [-0.4, -0.2) is 13.2 Å². The molecule has 19 heavy (non-hydrogen) atoms. The highest BCUT2D eigenvalue weighted by Gasteiger charge is 2.00. The maximum absolute atomic E-state index is 13.0. The molecule has 0 aliphatic carbocycles. The summed E-state index contributed by atoms with van der Waals surface area (Å²) in [6.07, 6.45) is 0.821. The van der Waals surface area contributed by atoms with Gasteiger partial charge in [0.1, 0.15) is 23.1 Å². The van der Waals surface area contributed by atoms with Crippen LogP contribution in [0.5, 0.6) is 17.2 Å². The molecule has 0 saturated heterocycles. The Labute approximate surface area is 111 Å². The van der Waals surface area contributed by atoms with E-state index in [0.29, 0.717) is 24.7 Å². The Hall–Kier alpha value is -2.07. The molecule has 0 saturated carbocycles. The summed E-state index contributed by atoms with van der Waals surface area (Å²) in [5.41, 5.74) is 5.38. The quantitative estimate of drug-likeness (QED) is 0.811. The Balaban J connectivity index is 1.95. The van der Waals surface area contributed by atoms with E-state index in [-0.39, 0.29) is 5.82 Å². The van der Waals surface area contributed by atoms with Crippen molar-refractivity contribution >= 4 is 0 Å². The van der Waals surface area contributed by atoms with Crippen molar-refractivity contribution in [3.05, 3.63) is 54.3 Å². The fraction of sp³-hybridized carbons (Fsp3) is 0.200. The minimum absolute atomic E-state index is 0.320. The van der Waals surface area contributed by atoms with E-state index in [1.165, 1.54) is 12.1 Å². The van der Waals surface area contributed by atoms with E-state index >= 15 is 0 Å². The zero-order chi connectivity index (χ0) is 13.5. The molecule has 0 amide bonds. The summed E-state index contributed by atoms with van der Waals surface area (Å²) < 4.78 is 24.0. The van der Waals surface area contributed by atoms with Crippen LogP contribution >= 0.6 is 0 Å². The van der Waals surface area contributed by atoms with E-state index in [0.717, 1.165) is 12.2 Å². The van der Waals surface area contributed by atoms with Crippen LogP contribution in [0.4, 0.5) is 4.39 Å². The van der Waals surface area contributed by atoms with Crippen molar-refractivity contribution in [2.45, 2.75) is 6.42 Å². The fourth-order valence-corrected chi connectivity index (χ4v) is 1.54. The van der Waals surface area contributed by atoms with Crippen molar-refractivity contribution in [2.24, 2.45) is 5.73 Å². The Kier molecular flexibility index (Phi) is 4.75. The highest BCUT2D eigenvalue weighted by atomic mass is 19.1. The summed E-state index contributed by atoms with van der Waals surface area (Å²) in [5, 5.41) is 0. The van der Waals surface area contributed by atoms with Gasteiger partial charge in [-0.25, -0.2) is 4.39 Å². The third-order valence-corrected chi connectivity index (χ3v) is 2.47. The predicted octanol–water partition coefficient (Wildman–Crippen LogP) is 3.35. The maximum Gasteiger partial charge on any atom is 0.130 e. The standard InChI is InChI=1S/C15H16FNO2/c16-12-3-1-4-15(11-12)19-14-7-5-13(6-8-14)18-10-2-9-17/h1,3-8,11H,2,9-10,17H2. The van der Waals surface area contributed by atoms with Gasteiger partial charge in [0.05, 0.1) is 6.61 Å². The number of hydrogen-bond donors (Lipinski definition) is 1. The van der Waals surface area contributed by atoms with Crippen molar-refractivity contribution in [1.29, 1.82) is 0 Å². The lowest BCUT2D eigenvalue weighted by Crippen LogP contribution is -2.05. The van der Waals surface area contributed by atoms with E-state index in [9.17, 15) is 4.39 Å². The summed E-state index contributed by atoms with van der Waals surface area (Å²) in [4.78, 5) is 0. The van der Waals surface area contributed by atoms with Gasteiger partial charge in [0, 0.05) is 6.07 Å². The Morgan fingerprint density at radius 3 is 2.37 bits per heavy atom. The summed E-state index contributed by atoms with van der Waals surface area (Å²) in [5.74, 6) is 1.55. The van der Waals surface area contributed by atoms with Gasteiger partial charge in [-0.1, -0.05) is 6.07 Å². The van der Waals surface area contributed by atoms with E-state index in [4.69, 9.17) is 15.2 Å². The number of nitrogens with two attached hydrogens (primary N) is 1. The molecule has 100 valence electrons. The largest absolute Gasteiger partial charge is 0.494 e. The van der Waals surface area contributed by atoms with Crippen molar-refractivity contribution < 1.29 is 13.9 Å². The van der Waals surface area contributed by atoms with Crippen molar-refractivity contribution in [2.75, 3.05) is 13.2 Å². The van der Waals surface area contributed by atoms with Crippen LogP contribution in [0.2, 0.25) is 0 Å². The average molecular weight is 261 g/mol. The molecule has 0 fully saturated rings. The van der Waals surface area contributed by atoms with Crippen LogP contribution in [0.25, 0.3) is 0 Å². The lowest BCUT2D eigenvalue weighted by Gasteiger charge is -2.08. The average Bonchev–Trinajstić information content (AvgIpc) is 2.41. The van der Waals surface area contributed by atoms with E-state index in [1.807, 2.05) is 12.1 Å². The van der Waals surface area contributed by atoms with Crippen LogP contribution in [0.15, 0.2) is 48.5 Å². The van der Waals surface area contributed by atoms with Crippen molar-refractivity contribution in [3.8, 4) is 17.2 Å². The van der Waals surface area contributed by atoms with Gasteiger partial charge in [0.25, 0.3) is 0 Å². The second-order valence-corrected chi connectivity index (χ2v) is 4.02. The first kappa shape index (κ1) is 13.4. The van der Waals surface area contributed by atoms with Gasteiger partial charge in [-0.05, 0) is 49.4 Å². The number of hydrogen-bond acceptors (Lipinski definition) is 3. The number of benzene rings is 2. The predicted molar refractivity (Wildman–Crippen MR) is 72.1 cm³/mol. The molecule has 0 aliphatic rings. The smallest absolute Gasteiger partial charge is 0.130 e. The van der Waals surface area contributed by atoms with Gasteiger partial charge in [-0.2, -0.15) is 0 Å². The zero-order valence-corrected chi connectivity index (χ0v) is 10.5. The van der Waals surface area contributed by atoms with Gasteiger partial charge in [0.2, 0.25) is 0 Å². The highest BCUT2D eigenvalue weighted by molar-refractivity contribution is 5.35. The lowest BCUT2D eigenvalue weighted by atomic mass is 10.3. The molecule has 0 radical (unpaired) electrons. The van der Waals surface area contributed by atoms with Gasteiger partial charge in [-0.3, -0.25) is 0 Å². The van der Waals surface area contributed by atoms with Crippen molar-refractivity contribution in [3.63, 3.8) is 0 Å². The lowest BCUT2D eigenvalue weighted by molar-refractivity contribution is 0.313. The Bertz CT molecular complexity index is 514. The summed E-state index contributed by atoms with van der Waals surface area (Å²) in [7, 11) is 0. The van der Waals surface area contributed by atoms with Gasteiger partial charge < -0.3 is 15.2 Å². The van der Waals surface area contributed by atoms with Gasteiger partial charge in [-0.15, -0.1) is 0 Å². The Morgan fingerprint density at radius 1 is 0.947 bits per heavy atom. The van der Waals surface area contributed by atoms with Crippen LogP contribution in [0, 0.1) is 5.82 Å². The van der Waals surface area contributed by atoms with Crippen LogP contribution in [0.3, 0.4) is 0 Å². The van der Waals surface area contributed by atoms with E-state index < -0.39 is 0 Å². The molecular weight excluding hydrogens is 245 g/mol. The first-order chi connectivity index (χ1) is 9.28. The minimum atomic E-state index is -0.320. The van der Waals surface area contributed by atoms with Crippen LogP contribution < -0.4 is 15.2 Å². The Morgan fingerprint density at radius 2 is 1.68 bits per heavy atom. The first-order valence-corrected chi connectivity index (χ1v) is 6.14. The monoisotopic (exact) mass is 261 g/mol. The molecule has 0 heterocycles. The summed E-state index contributed by atoms with van der Waals surface area (Å²) in [6.45, 7) is 1.21. The number of halogens is 1. The molecule has 0 unspecified atom stereocenters. The molecule has 2 aromatic carbocycles. The molecule has 0 aromatic heterocycles. The third-order valence-electron chi connectivity index (χ3n) is 2.47. The number of rotatable bonds is 6. The molecule has 3 nitrogen and oxygen atoms in total. The molecule has 0 bridgehead atoms. The van der Waals surface area contributed by atoms with Gasteiger partial charge in [0.15, 0.2) is 0 Å². The van der Waals surface area contributed by atoms with Crippen LogP contribution in [0.1, 0.15) is 6.42 Å². The molecule has 0 spiro atoms. The minimum Gasteiger partial charge on any atom is -0.494 e. The first-order valence-electron chi connectivity index (χ1n) is 6.14. The third kappa shape index (κ3) is 4.26. The summed E-state index contributed by atoms with van der Waals surface area (Å²) >= 11 is 0. The van der Waals surface area contributed by atoms with Crippen molar-refractivity contribution in [1.82, 2.24) is 0 Å². The SMILES string of the molecule is NCCCOc1ccc(Oc2cccc(F)c2)cc1. The molecule has 2 N–H and O–H groups in total. The summed E-state index contributed by atoms with van der Waals surface area (Å²) in [6, 6.07) is 13.2. The normalized spacial score (nSPS) is 10.2. The second-order valence-electron chi connectivity index (χ2n) is 4.02. The second kappa shape index (κ2) is 6.75. The number of ether oxygens (including phenoxy) is 2. The van der Waals surface area contributed by atoms with E-state index in [1.54, 1.807) is 24.3 Å². The van der Waals surface area contributed by atoms with E-state index in [2.05, 4.69) is 0 Å². The zero-order valence-electron chi connectivity index (χ0n) is 10.5. The molecule has 4 heteroatoms. The molecule has 0 aliphatic heterocycles. The molecule has 2 rings (SSSR count).